The molecule has 1 atom stereocenters. The molecule has 0 aliphatic rings. The van der Waals surface area contributed by atoms with Crippen molar-refractivity contribution in [1.29, 1.82) is 0 Å². The van der Waals surface area contributed by atoms with Gasteiger partial charge in [0, 0.05) is 29.6 Å². The maximum Gasteiger partial charge on any atom is 0.307 e. The molecule has 0 spiro atoms. The van der Waals surface area contributed by atoms with Crippen LogP contribution in [0, 0.1) is 0 Å². The van der Waals surface area contributed by atoms with E-state index in [0.29, 0.717) is 23.0 Å². The van der Waals surface area contributed by atoms with Crippen LogP contribution in [-0.4, -0.2) is 40.7 Å². The molecule has 196 valence electrons. The van der Waals surface area contributed by atoms with E-state index in [2.05, 4.69) is 49.6 Å². The zero-order valence-corrected chi connectivity index (χ0v) is 21.5. The molecule has 0 saturated carbocycles. The first-order valence-electron chi connectivity index (χ1n) is 12.6. The van der Waals surface area contributed by atoms with Gasteiger partial charge in [0.15, 0.2) is 0 Å². The molecule has 9 nitrogen and oxygen atoms in total. The second-order valence-electron chi connectivity index (χ2n) is 8.75. The molecule has 0 bridgehead atoms. The summed E-state index contributed by atoms with van der Waals surface area (Å²) < 4.78 is 10.4. The number of anilines is 1. The van der Waals surface area contributed by atoms with Crippen LogP contribution in [0.1, 0.15) is 54.6 Å². The highest BCUT2D eigenvalue weighted by Crippen LogP contribution is 2.28. The van der Waals surface area contributed by atoms with Gasteiger partial charge in [0.25, 0.3) is 11.8 Å². The number of nitrogens with zero attached hydrogens (tertiary/aromatic N) is 3. The standard InChI is InChI=1S/C29H31N5O4/c1-3-4-7-24(32-23-15-13-21(14-16-23)27(36)31-19-17-26(35)37-2)20-9-11-22(12-10-20)28-33-34-29(38-28)25-8-5-6-18-30-25/h5-6,8-16,18,24,32H,3-4,7,17,19H2,1-2H3,(H,31,36)/t24-/m0/s1. The zero-order chi connectivity index (χ0) is 26.7. The van der Waals surface area contributed by atoms with Crippen LogP contribution in [-0.2, 0) is 9.53 Å². The fourth-order valence-corrected chi connectivity index (χ4v) is 3.92. The van der Waals surface area contributed by atoms with Gasteiger partial charge < -0.3 is 19.8 Å². The Kier molecular flexibility index (Phi) is 9.17. The number of hydrogen-bond donors (Lipinski definition) is 2. The lowest BCUT2D eigenvalue weighted by atomic mass is 9.99. The molecule has 0 fully saturated rings. The number of amides is 1. The lowest BCUT2D eigenvalue weighted by Crippen LogP contribution is -2.26. The van der Waals surface area contributed by atoms with Gasteiger partial charge in [-0.05, 0) is 60.5 Å². The second kappa shape index (κ2) is 13.1. The van der Waals surface area contributed by atoms with Gasteiger partial charge in [0.2, 0.25) is 5.89 Å². The average molecular weight is 514 g/mol. The number of carbonyl (C=O) groups excluding carboxylic acids is 2. The number of nitrogens with one attached hydrogen (secondary N) is 2. The molecule has 38 heavy (non-hydrogen) atoms. The van der Waals surface area contributed by atoms with Gasteiger partial charge in [-0.3, -0.25) is 14.6 Å². The Labute approximate surface area is 221 Å². The van der Waals surface area contributed by atoms with Crippen LogP contribution in [0.15, 0.2) is 77.3 Å². The first-order chi connectivity index (χ1) is 18.6. The van der Waals surface area contributed by atoms with Crippen molar-refractivity contribution in [3.8, 4) is 23.0 Å². The molecule has 9 heteroatoms. The van der Waals surface area contributed by atoms with Crippen molar-refractivity contribution < 1.29 is 18.7 Å². The van der Waals surface area contributed by atoms with Crippen LogP contribution in [0.5, 0.6) is 0 Å². The summed E-state index contributed by atoms with van der Waals surface area (Å²) in [5, 5.41) is 14.6. The Morgan fingerprint density at radius 1 is 0.974 bits per heavy atom. The minimum atomic E-state index is -0.359. The van der Waals surface area contributed by atoms with Gasteiger partial charge in [-0.2, -0.15) is 0 Å². The number of methoxy groups -OCH3 is 1. The number of carbonyl (C=O) groups is 2. The van der Waals surface area contributed by atoms with Crippen molar-refractivity contribution >= 4 is 17.6 Å². The number of ether oxygens (including phenoxy) is 1. The number of pyridine rings is 1. The molecule has 0 saturated heterocycles. The van der Waals surface area contributed by atoms with Crippen LogP contribution < -0.4 is 10.6 Å². The van der Waals surface area contributed by atoms with Crippen molar-refractivity contribution in [1.82, 2.24) is 20.5 Å². The summed E-state index contributed by atoms with van der Waals surface area (Å²) in [4.78, 5) is 27.8. The van der Waals surface area contributed by atoms with E-state index in [9.17, 15) is 9.59 Å². The molecule has 0 radical (unpaired) electrons. The number of hydrogen-bond acceptors (Lipinski definition) is 8. The van der Waals surface area contributed by atoms with Crippen LogP contribution in [0.4, 0.5) is 5.69 Å². The number of rotatable bonds is 12. The molecule has 2 heterocycles. The molecule has 2 N–H and O–H groups in total. The van der Waals surface area contributed by atoms with Gasteiger partial charge in [-0.15, -0.1) is 10.2 Å². The Morgan fingerprint density at radius 3 is 2.42 bits per heavy atom. The molecule has 0 aliphatic heterocycles. The summed E-state index contributed by atoms with van der Waals surface area (Å²) in [5.74, 6) is 0.233. The predicted octanol–water partition coefficient (Wildman–Crippen LogP) is 5.43. The number of benzene rings is 2. The number of unbranched alkanes of at least 4 members (excludes halogenated alkanes) is 1. The SMILES string of the molecule is CCCC[C@H](Nc1ccc(C(=O)NCCC(=O)OC)cc1)c1ccc(-c2nnc(-c3ccccn3)o2)cc1. The molecule has 1 amide bonds. The lowest BCUT2D eigenvalue weighted by Gasteiger charge is -2.21. The smallest absolute Gasteiger partial charge is 0.307 e. The lowest BCUT2D eigenvalue weighted by molar-refractivity contribution is -0.140. The molecular formula is C29H31N5O4. The second-order valence-corrected chi connectivity index (χ2v) is 8.75. The van der Waals surface area contributed by atoms with Crippen LogP contribution in [0.25, 0.3) is 23.0 Å². The van der Waals surface area contributed by atoms with E-state index < -0.39 is 0 Å². The Hall–Kier alpha value is -4.53. The van der Waals surface area contributed by atoms with Crippen molar-refractivity contribution in [2.24, 2.45) is 0 Å². The Balaban J connectivity index is 1.41. The van der Waals surface area contributed by atoms with E-state index in [4.69, 9.17) is 4.42 Å². The van der Waals surface area contributed by atoms with E-state index in [0.717, 1.165) is 36.1 Å². The highest BCUT2D eigenvalue weighted by Gasteiger charge is 2.15. The molecule has 4 rings (SSSR count). The molecule has 4 aromatic rings. The van der Waals surface area contributed by atoms with Gasteiger partial charge in [0.05, 0.1) is 19.6 Å². The number of aromatic nitrogens is 3. The summed E-state index contributed by atoms with van der Waals surface area (Å²) in [5.41, 5.74) is 4.05. The van der Waals surface area contributed by atoms with Gasteiger partial charge in [-0.1, -0.05) is 38.0 Å². The summed E-state index contributed by atoms with van der Waals surface area (Å²) in [6.45, 7) is 2.40. The molecule has 0 unspecified atom stereocenters. The fraction of sp³-hybridized carbons (Fsp3) is 0.276. The third-order valence-corrected chi connectivity index (χ3v) is 6.05. The average Bonchev–Trinajstić information content (AvgIpc) is 3.46. The van der Waals surface area contributed by atoms with E-state index in [1.807, 2.05) is 42.5 Å². The predicted molar refractivity (Wildman–Crippen MR) is 144 cm³/mol. The van der Waals surface area contributed by atoms with Gasteiger partial charge in [-0.25, -0.2) is 0 Å². The first kappa shape index (κ1) is 26.5. The summed E-state index contributed by atoms with van der Waals surface area (Å²) in [6.07, 6.45) is 4.93. The molecule has 2 aromatic carbocycles. The minimum Gasteiger partial charge on any atom is -0.469 e. The maximum atomic E-state index is 12.3. The van der Waals surface area contributed by atoms with Crippen molar-refractivity contribution in [2.75, 3.05) is 19.0 Å². The van der Waals surface area contributed by atoms with E-state index in [1.165, 1.54) is 7.11 Å². The summed E-state index contributed by atoms with van der Waals surface area (Å²) >= 11 is 0. The van der Waals surface area contributed by atoms with E-state index >= 15 is 0 Å². The van der Waals surface area contributed by atoms with Gasteiger partial charge >= 0.3 is 5.97 Å². The van der Waals surface area contributed by atoms with Crippen LogP contribution >= 0.6 is 0 Å². The topological polar surface area (TPSA) is 119 Å². The quantitative estimate of drug-likeness (QED) is 0.241. The first-order valence-corrected chi connectivity index (χ1v) is 12.6. The van der Waals surface area contributed by atoms with Crippen molar-refractivity contribution in [2.45, 2.75) is 38.6 Å². The van der Waals surface area contributed by atoms with Crippen LogP contribution in [0.3, 0.4) is 0 Å². The third-order valence-electron chi connectivity index (χ3n) is 6.05. The minimum absolute atomic E-state index is 0.0931. The fourth-order valence-electron chi connectivity index (χ4n) is 3.92. The zero-order valence-electron chi connectivity index (χ0n) is 21.5. The molecular weight excluding hydrogens is 482 g/mol. The van der Waals surface area contributed by atoms with E-state index in [1.54, 1.807) is 18.3 Å². The van der Waals surface area contributed by atoms with Crippen molar-refractivity contribution in [3.05, 3.63) is 84.1 Å². The third kappa shape index (κ3) is 7.03. The normalized spacial score (nSPS) is 11.5. The van der Waals surface area contributed by atoms with Gasteiger partial charge in [0.1, 0.15) is 5.69 Å². The number of esters is 1. The maximum absolute atomic E-state index is 12.3. The monoisotopic (exact) mass is 513 g/mol. The molecule has 2 aromatic heterocycles. The Morgan fingerprint density at radius 2 is 1.74 bits per heavy atom. The van der Waals surface area contributed by atoms with Crippen molar-refractivity contribution in [3.63, 3.8) is 0 Å². The van der Waals surface area contributed by atoms with E-state index in [-0.39, 0.29) is 30.9 Å². The van der Waals surface area contributed by atoms with Crippen LogP contribution in [0.2, 0.25) is 0 Å². The highest BCUT2D eigenvalue weighted by atomic mass is 16.5. The molecule has 0 aliphatic carbocycles. The Bertz CT molecular complexity index is 1320. The summed E-state index contributed by atoms with van der Waals surface area (Å²) in [6, 6.07) is 21.0. The summed E-state index contributed by atoms with van der Waals surface area (Å²) in [7, 11) is 1.32. The highest BCUT2D eigenvalue weighted by molar-refractivity contribution is 5.94. The largest absolute Gasteiger partial charge is 0.469 e.